The number of aliphatic hydroxyl groups excluding tert-OH is 1. The summed E-state index contributed by atoms with van der Waals surface area (Å²) in [4.78, 5) is 0. The van der Waals surface area contributed by atoms with Gasteiger partial charge in [0.15, 0.2) is 0 Å². The Morgan fingerprint density at radius 3 is 2.69 bits per heavy atom. The lowest BCUT2D eigenvalue weighted by Crippen LogP contribution is -2.54. The van der Waals surface area contributed by atoms with Crippen LogP contribution in [0.5, 0.6) is 0 Å². The summed E-state index contributed by atoms with van der Waals surface area (Å²) in [6, 6.07) is 0. The highest BCUT2D eigenvalue weighted by atomic mass is 16.5. The van der Waals surface area contributed by atoms with Gasteiger partial charge >= 0.3 is 0 Å². The van der Waals surface area contributed by atoms with Crippen LogP contribution in [0.4, 0.5) is 0 Å². The minimum Gasteiger partial charge on any atom is -0.394 e. The summed E-state index contributed by atoms with van der Waals surface area (Å²) in [5.74, 6) is 0.608. The van der Waals surface area contributed by atoms with Crippen LogP contribution in [0.3, 0.4) is 0 Å². The molecule has 1 aliphatic rings. The summed E-state index contributed by atoms with van der Waals surface area (Å²) >= 11 is 0. The number of hydrogen-bond acceptors (Lipinski definition) is 3. The van der Waals surface area contributed by atoms with E-state index in [1.54, 1.807) is 0 Å². The van der Waals surface area contributed by atoms with Crippen LogP contribution in [0.25, 0.3) is 0 Å². The predicted octanol–water partition coefficient (Wildman–Crippen LogP) is 0.772. The monoisotopic (exact) mass is 187 g/mol. The van der Waals surface area contributed by atoms with Gasteiger partial charge in [-0.05, 0) is 25.8 Å². The van der Waals surface area contributed by atoms with E-state index in [0.29, 0.717) is 5.92 Å². The fourth-order valence-corrected chi connectivity index (χ4v) is 1.68. The molecular weight excluding hydrogens is 166 g/mol. The zero-order valence-electron chi connectivity index (χ0n) is 8.84. The molecule has 0 saturated carbocycles. The van der Waals surface area contributed by atoms with Gasteiger partial charge in [0.2, 0.25) is 0 Å². The van der Waals surface area contributed by atoms with E-state index < -0.39 is 0 Å². The fraction of sp³-hybridized carbons (Fsp3) is 1.00. The largest absolute Gasteiger partial charge is 0.394 e. The van der Waals surface area contributed by atoms with E-state index in [1.165, 1.54) is 0 Å². The quantitative estimate of drug-likeness (QED) is 0.683. The molecule has 0 amide bonds. The minimum atomic E-state index is -0.190. The molecule has 2 N–H and O–H groups in total. The molecule has 3 heteroatoms. The average Bonchev–Trinajstić information content (AvgIpc) is 2.45. The van der Waals surface area contributed by atoms with Crippen LogP contribution in [-0.2, 0) is 4.74 Å². The second-order valence-corrected chi connectivity index (χ2v) is 4.35. The molecule has 0 aromatic heterocycles. The van der Waals surface area contributed by atoms with E-state index in [1.807, 2.05) is 6.92 Å². The van der Waals surface area contributed by atoms with E-state index in [9.17, 15) is 5.11 Å². The molecule has 0 spiro atoms. The van der Waals surface area contributed by atoms with Crippen LogP contribution in [0.15, 0.2) is 0 Å². The maximum absolute atomic E-state index is 9.36. The lowest BCUT2D eigenvalue weighted by atomic mass is 9.92. The molecule has 1 fully saturated rings. The SMILES string of the molecule is CC(C)CNC1(CO)CCOC1C. The van der Waals surface area contributed by atoms with Crippen molar-refractivity contribution in [3.63, 3.8) is 0 Å². The van der Waals surface area contributed by atoms with Crippen molar-refractivity contribution in [3.05, 3.63) is 0 Å². The van der Waals surface area contributed by atoms with Crippen molar-refractivity contribution in [1.29, 1.82) is 0 Å². The lowest BCUT2D eigenvalue weighted by molar-refractivity contribution is 0.0524. The molecule has 0 bridgehead atoms. The highest BCUT2D eigenvalue weighted by Crippen LogP contribution is 2.25. The van der Waals surface area contributed by atoms with Gasteiger partial charge in [-0.15, -0.1) is 0 Å². The summed E-state index contributed by atoms with van der Waals surface area (Å²) < 4.78 is 5.47. The maximum atomic E-state index is 9.36. The van der Waals surface area contributed by atoms with Gasteiger partial charge in [-0.25, -0.2) is 0 Å². The van der Waals surface area contributed by atoms with Gasteiger partial charge in [0, 0.05) is 6.61 Å². The third-order valence-corrected chi connectivity index (χ3v) is 2.84. The van der Waals surface area contributed by atoms with E-state index in [0.717, 1.165) is 19.6 Å². The van der Waals surface area contributed by atoms with Gasteiger partial charge < -0.3 is 15.2 Å². The number of rotatable bonds is 4. The van der Waals surface area contributed by atoms with Crippen molar-refractivity contribution in [2.75, 3.05) is 19.8 Å². The summed E-state index contributed by atoms with van der Waals surface area (Å²) in [6.07, 6.45) is 1.04. The smallest absolute Gasteiger partial charge is 0.0751 e. The van der Waals surface area contributed by atoms with Gasteiger partial charge in [-0.2, -0.15) is 0 Å². The zero-order chi connectivity index (χ0) is 9.90. The van der Waals surface area contributed by atoms with Crippen LogP contribution in [-0.4, -0.2) is 36.5 Å². The first-order valence-electron chi connectivity index (χ1n) is 5.08. The Kier molecular flexibility index (Phi) is 3.71. The first-order chi connectivity index (χ1) is 6.10. The van der Waals surface area contributed by atoms with Crippen molar-refractivity contribution >= 4 is 0 Å². The molecule has 2 atom stereocenters. The summed E-state index contributed by atoms with van der Waals surface area (Å²) in [5, 5.41) is 12.8. The van der Waals surface area contributed by atoms with Gasteiger partial charge in [-0.1, -0.05) is 13.8 Å². The third-order valence-electron chi connectivity index (χ3n) is 2.84. The Balaban J connectivity index is 2.49. The molecule has 2 unspecified atom stereocenters. The molecule has 13 heavy (non-hydrogen) atoms. The minimum absolute atomic E-state index is 0.122. The highest BCUT2D eigenvalue weighted by molar-refractivity contribution is 4.97. The number of aliphatic hydroxyl groups is 1. The zero-order valence-corrected chi connectivity index (χ0v) is 8.84. The Morgan fingerprint density at radius 2 is 2.31 bits per heavy atom. The van der Waals surface area contributed by atoms with Crippen molar-refractivity contribution < 1.29 is 9.84 Å². The molecule has 0 aromatic rings. The van der Waals surface area contributed by atoms with Crippen LogP contribution in [0.2, 0.25) is 0 Å². The van der Waals surface area contributed by atoms with Crippen molar-refractivity contribution in [2.45, 2.75) is 38.8 Å². The Morgan fingerprint density at radius 1 is 1.62 bits per heavy atom. The van der Waals surface area contributed by atoms with E-state index in [2.05, 4.69) is 19.2 Å². The first-order valence-corrected chi connectivity index (χ1v) is 5.08. The van der Waals surface area contributed by atoms with E-state index in [-0.39, 0.29) is 18.2 Å². The number of nitrogens with one attached hydrogen (secondary N) is 1. The standard InChI is InChI=1S/C10H21NO2/c1-8(2)6-11-10(7-12)4-5-13-9(10)3/h8-9,11-12H,4-7H2,1-3H3. The third kappa shape index (κ3) is 2.42. The van der Waals surface area contributed by atoms with Crippen molar-refractivity contribution in [3.8, 4) is 0 Å². The second-order valence-electron chi connectivity index (χ2n) is 4.35. The summed E-state index contributed by atoms with van der Waals surface area (Å²) in [6.45, 7) is 8.22. The van der Waals surface area contributed by atoms with E-state index in [4.69, 9.17) is 4.74 Å². The molecule has 3 nitrogen and oxygen atoms in total. The van der Waals surface area contributed by atoms with Gasteiger partial charge in [0.25, 0.3) is 0 Å². The molecular formula is C10H21NO2. The average molecular weight is 187 g/mol. The summed E-state index contributed by atoms with van der Waals surface area (Å²) in [5.41, 5.74) is -0.190. The molecule has 0 aromatic carbocycles. The van der Waals surface area contributed by atoms with Gasteiger partial charge in [-0.3, -0.25) is 0 Å². The van der Waals surface area contributed by atoms with Crippen molar-refractivity contribution in [1.82, 2.24) is 5.32 Å². The molecule has 1 heterocycles. The fourth-order valence-electron chi connectivity index (χ4n) is 1.68. The second kappa shape index (κ2) is 4.40. The number of ether oxygens (including phenoxy) is 1. The van der Waals surface area contributed by atoms with Gasteiger partial charge in [0.05, 0.1) is 18.2 Å². The highest BCUT2D eigenvalue weighted by Gasteiger charge is 2.40. The lowest BCUT2D eigenvalue weighted by Gasteiger charge is -2.32. The Hall–Kier alpha value is -0.120. The van der Waals surface area contributed by atoms with Crippen LogP contribution in [0, 0.1) is 5.92 Å². The van der Waals surface area contributed by atoms with Crippen molar-refractivity contribution in [2.24, 2.45) is 5.92 Å². The Bertz CT molecular complexity index is 161. The number of hydrogen-bond donors (Lipinski definition) is 2. The predicted molar refractivity (Wildman–Crippen MR) is 52.7 cm³/mol. The maximum Gasteiger partial charge on any atom is 0.0751 e. The van der Waals surface area contributed by atoms with Crippen LogP contribution < -0.4 is 5.32 Å². The normalized spacial score (nSPS) is 34.4. The van der Waals surface area contributed by atoms with E-state index >= 15 is 0 Å². The van der Waals surface area contributed by atoms with Gasteiger partial charge in [0.1, 0.15) is 0 Å². The first kappa shape index (κ1) is 11.0. The molecule has 0 aliphatic carbocycles. The molecule has 1 saturated heterocycles. The summed E-state index contributed by atoms with van der Waals surface area (Å²) in [7, 11) is 0. The van der Waals surface area contributed by atoms with Crippen LogP contribution in [0.1, 0.15) is 27.2 Å². The molecule has 1 rings (SSSR count). The molecule has 78 valence electrons. The van der Waals surface area contributed by atoms with Crippen LogP contribution >= 0.6 is 0 Å². The topological polar surface area (TPSA) is 41.5 Å². The molecule has 0 radical (unpaired) electrons. The molecule has 1 aliphatic heterocycles. The Labute approximate surface area is 80.5 Å².